The standard InChI is InChI=1S/C30H31FN4O2/c1-35-13-11-29(31,12-14-35)20-6-3-18(4-7-20)27-22-9-5-19(15-26(22)33-34-27)24-17-30(24)23-16-21(37-2)8-10-25(23)32-28(30)36/h3-10,16,19,24H,11-15,17H2,1-2H3,(H,32,36)(H,33,34)/t19?,24-,30-/m0/s1. The fourth-order valence-electron chi connectivity index (χ4n) is 6.79. The molecular weight excluding hydrogens is 467 g/mol. The Morgan fingerprint density at radius 1 is 1.14 bits per heavy atom. The van der Waals surface area contributed by atoms with E-state index in [0.29, 0.717) is 12.8 Å². The fourth-order valence-corrected chi connectivity index (χ4v) is 6.79. The lowest BCUT2D eigenvalue weighted by atomic mass is 9.83. The molecule has 7 heteroatoms. The number of allylic oxidation sites excluding steroid dienone is 1. The number of hydrogen-bond donors (Lipinski definition) is 2. The van der Waals surface area contributed by atoms with E-state index in [4.69, 9.17) is 4.74 Å². The number of hydrogen-bond acceptors (Lipinski definition) is 4. The Morgan fingerprint density at radius 2 is 1.92 bits per heavy atom. The van der Waals surface area contributed by atoms with Gasteiger partial charge in [0.15, 0.2) is 0 Å². The third-order valence-corrected chi connectivity index (χ3v) is 9.18. The number of aromatic nitrogens is 2. The van der Waals surface area contributed by atoms with Gasteiger partial charge in [-0.15, -0.1) is 0 Å². The minimum atomic E-state index is -1.25. The smallest absolute Gasteiger partial charge is 0.235 e. The maximum atomic E-state index is 15.5. The fraction of sp³-hybridized carbons (Fsp3) is 0.400. The Kier molecular flexibility index (Phi) is 4.93. The van der Waals surface area contributed by atoms with Gasteiger partial charge in [-0.2, -0.15) is 5.10 Å². The Labute approximate surface area is 215 Å². The van der Waals surface area contributed by atoms with Gasteiger partial charge in [-0.05, 0) is 73.9 Å². The molecule has 0 bridgehead atoms. The molecule has 1 spiro atoms. The number of ether oxygens (including phenoxy) is 1. The Bertz CT molecular complexity index is 1420. The molecule has 6 nitrogen and oxygen atoms in total. The highest BCUT2D eigenvalue weighted by Gasteiger charge is 2.66. The van der Waals surface area contributed by atoms with Crippen molar-refractivity contribution in [1.29, 1.82) is 0 Å². The summed E-state index contributed by atoms with van der Waals surface area (Å²) in [4.78, 5) is 15.2. The number of methoxy groups -OCH3 is 1. The highest BCUT2D eigenvalue weighted by atomic mass is 19.1. The van der Waals surface area contributed by atoms with Gasteiger partial charge < -0.3 is 15.0 Å². The summed E-state index contributed by atoms with van der Waals surface area (Å²) in [5, 5.41) is 11.0. The predicted octanol–water partition coefficient (Wildman–Crippen LogP) is 5.07. The van der Waals surface area contributed by atoms with E-state index in [0.717, 1.165) is 71.0 Å². The van der Waals surface area contributed by atoms with Crippen molar-refractivity contribution < 1.29 is 13.9 Å². The lowest BCUT2D eigenvalue weighted by Gasteiger charge is -2.34. The van der Waals surface area contributed by atoms with Crippen molar-refractivity contribution in [3.8, 4) is 17.0 Å². The summed E-state index contributed by atoms with van der Waals surface area (Å²) in [6.07, 6.45) is 7.11. The van der Waals surface area contributed by atoms with Gasteiger partial charge in [0.25, 0.3) is 0 Å². The van der Waals surface area contributed by atoms with E-state index in [1.165, 1.54) is 0 Å². The average Bonchev–Trinajstić information content (AvgIpc) is 3.45. The zero-order chi connectivity index (χ0) is 25.4. The molecule has 0 radical (unpaired) electrons. The third kappa shape index (κ3) is 3.40. The number of carbonyl (C=O) groups is 1. The van der Waals surface area contributed by atoms with Crippen molar-refractivity contribution in [2.45, 2.75) is 36.8 Å². The van der Waals surface area contributed by atoms with E-state index in [9.17, 15) is 4.79 Å². The first-order chi connectivity index (χ1) is 17.9. The Morgan fingerprint density at radius 3 is 2.68 bits per heavy atom. The first-order valence-electron chi connectivity index (χ1n) is 13.1. The molecule has 3 aromatic rings. The summed E-state index contributed by atoms with van der Waals surface area (Å²) in [6.45, 7) is 1.56. The maximum absolute atomic E-state index is 15.5. The summed E-state index contributed by atoms with van der Waals surface area (Å²) in [5.41, 5.74) is 5.06. The highest BCUT2D eigenvalue weighted by Crippen LogP contribution is 2.64. The van der Waals surface area contributed by atoms with Gasteiger partial charge in [0.05, 0.1) is 18.2 Å². The zero-order valence-electron chi connectivity index (χ0n) is 21.2. The van der Waals surface area contributed by atoms with Crippen LogP contribution < -0.4 is 10.1 Å². The second-order valence-corrected chi connectivity index (χ2v) is 11.2. The number of likely N-dealkylation sites (tertiary alicyclic amines) is 1. The van der Waals surface area contributed by atoms with Gasteiger partial charge in [0.1, 0.15) is 11.4 Å². The number of benzene rings is 2. The highest BCUT2D eigenvalue weighted by molar-refractivity contribution is 6.09. The normalized spacial score (nSPS) is 27.6. The molecule has 1 amide bonds. The number of anilines is 1. The van der Waals surface area contributed by atoms with Crippen LogP contribution >= 0.6 is 0 Å². The van der Waals surface area contributed by atoms with E-state index in [1.54, 1.807) is 7.11 Å². The number of piperidine rings is 1. The molecule has 1 saturated heterocycles. The van der Waals surface area contributed by atoms with Crippen molar-refractivity contribution >= 4 is 17.7 Å². The summed E-state index contributed by atoms with van der Waals surface area (Å²) in [6, 6.07) is 13.7. The van der Waals surface area contributed by atoms with E-state index >= 15 is 4.39 Å². The minimum absolute atomic E-state index is 0.0978. The summed E-state index contributed by atoms with van der Waals surface area (Å²) in [5.74, 6) is 1.37. The first kappa shape index (κ1) is 22.7. The molecule has 3 heterocycles. The molecule has 4 aliphatic rings. The summed E-state index contributed by atoms with van der Waals surface area (Å²) in [7, 11) is 3.70. The number of nitrogens with one attached hydrogen (secondary N) is 2. The van der Waals surface area contributed by atoms with Crippen molar-refractivity contribution in [3.63, 3.8) is 0 Å². The third-order valence-electron chi connectivity index (χ3n) is 9.18. The minimum Gasteiger partial charge on any atom is -0.497 e. The maximum Gasteiger partial charge on any atom is 0.235 e. The van der Waals surface area contributed by atoms with Crippen molar-refractivity contribution in [1.82, 2.24) is 15.1 Å². The zero-order valence-corrected chi connectivity index (χ0v) is 21.2. The van der Waals surface area contributed by atoms with Crippen LogP contribution in [0.3, 0.4) is 0 Å². The number of fused-ring (bicyclic) bond motifs is 3. The second kappa shape index (κ2) is 8.02. The number of amides is 1. The van der Waals surface area contributed by atoms with Crippen LogP contribution in [0.4, 0.5) is 10.1 Å². The van der Waals surface area contributed by atoms with Gasteiger partial charge in [-0.1, -0.05) is 36.4 Å². The lowest BCUT2D eigenvalue weighted by molar-refractivity contribution is -0.118. The van der Waals surface area contributed by atoms with Crippen LogP contribution in [0.2, 0.25) is 0 Å². The molecule has 3 atom stereocenters. The number of nitrogens with zero attached hydrogens (tertiary/aromatic N) is 2. The van der Waals surface area contributed by atoms with Crippen LogP contribution in [0.15, 0.2) is 48.5 Å². The number of rotatable bonds is 4. The molecule has 2 aromatic carbocycles. The molecule has 2 aliphatic carbocycles. The average molecular weight is 499 g/mol. The lowest BCUT2D eigenvalue weighted by Crippen LogP contribution is -2.37. The van der Waals surface area contributed by atoms with Crippen LogP contribution in [-0.2, 0) is 22.3 Å². The van der Waals surface area contributed by atoms with E-state index < -0.39 is 11.1 Å². The Hall–Kier alpha value is -3.45. The summed E-state index contributed by atoms with van der Waals surface area (Å²) >= 11 is 0. The van der Waals surface area contributed by atoms with Crippen LogP contribution in [-0.4, -0.2) is 48.3 Å². The molecule has 2 fully saturated rings. The Balaban J connectivity index is 1.11. The van der Waals surface area contributed by atoms with Crippen LogP contribution in [0.25, 0.3) is 17.3 Å². The monoisotopic (exact) mass is 498 g/mol. The van der Waals surface area contributed by atoms with E-state index in [2.05, 4.69) is 32.6 Å². The predicted molar refractivity (Wildman–Crippen MR) is 141 cm³/mol. The molecule has 7 rings (SSSR count). The number of aromatic amines is 1. The number of carbonyl (C=O) groups excluding carboxylic acids is 1. The van der Waals surface area contributed by atoms with Crippen LogP contribution in [0, 0.1) is 11.8 Å². The van der Waals surface area contributed by atoms with Crippen LogP contribution in [0.1, 0.15) is 41.6 Å². The number of alkyl halides is 1. The van der Waals surface area contributed by atoms with Crippen molar-refractivity contribution in [2.75, 3.05) is 32.6 Å². The molecule has 37 heavy (non-hydrogen) atoms. The second-order valence-electron chi connectivity index (χ2n) is 11.2. The SMILES string of the molecule is COc1ccc2c(c1)[C@]1(C[C@H]1C1C=Cc3c(-c4ccc(C5(F)CCN(C)CC5)cc4)n[nH]c3C1)C(=O)N2. The molecule has 1 saturated carbocycles. The topological polar surface area (TPSA) is 70.2 Å². The molecule has 2 aliphatic heterocycles. The van der Waals surface area contributed by atoms with Crippen LogP contribution in [0.5, 0.6) is 5.75 Å². The molecule has 1 unspecified atom stereocenters. The molecule has 190 valence electrons. The largest absolute Gasteiger partial charge is 0.497 e. The molecule has 1 aromatic heterocycles. The van der Waals surface area contributed by atoms with Gasteiger partial charge >= 0.3 is 0 Å². The van der Waals surface area contributed by atoms with E-state index in [-0.39, 0.29) is 17.7 Å². The molecular formula is C30H31FN4O2. The van der Waals surface area contributed by atoms with Gasteiger partial charge in [0, 0.05) is 35.6 Å². The quantitative estimate of drug-likeness (QED) is 0.527. The summed E-state index contributed by atoms with van der Waals surface area (Å²) < 4.78 is 21.0. The van der Waals surface area contributed by atoms with Gasteiger partial charge in [0.2, 0.25) is 5.91 Å². The molecule has 2 N–H and O–H groups in total. The van der Waals surface area contributed by atoms with E-state index in [1.807, 2.05) is 49.5 Å². The number of H-pyrrole nitrogens is 1. The van der Waals surface area contributed by atoms with Crippen molar-refractivity contribution in [3.05, 3.63) is 70.9 Å². The first-order valence-corrected chi connectivity index (χ1v) is 13.1. The number of halogens is 1. The van der Waals surface area contributed by atoms with Gasteiger partial charge in [-0.25, -0.2) is 4.39 Å². The van der Waals surface area contributed by atoms with Crippen molar-refractivity contribution in [2.24, 2.45) is 11.8 Å². The van der Waals surface area contributed by atoms with Gasteiger partial charge in [-0.3, -0.25) is 9.89 Å².